The first-order chi connectivity index (χ1) is 13.3. The zero-order valence-corrected chi connectivity index (χ0v) is 16.9. The number of fused-ring (bicyclic) bond motifs is 2. The average molecular weight is 390 g/mol. The number of esters is 1. The number of rotatable bonds is 7. The summed E-state index contributed by atoms with van der Waals surface area (Å²) >= 11 is 0. The summed E-state index contributed by atoms with van der Waals surface area (Å²) in [5, 5.41) is 4.41. The molecule has 0 spiro atoms. The van der Waals surface area contributed by atoms with Gasteiger partial charge in [-0.05, 0) is 19.8 Å². The summed E-state index contributed by atoms with van der Waals surface area (Å²) in [5.41, 5.74) is 1.36. The van der Waals surface area contributed by atoms with Crippen molar-refractivity contribution in [3.05, 3.63) is 33.4 Å². The average Bonchev–Trinajstić information content (AvgIpc) is 3.22. The van der Waals surface area contributed by atoms with Crippen LogP contribution in [0.4, 0.5) is 0 Å². The van der Waals surface area contributed by atoms with Crippen LogP contribution in [0.15, 0.2) is 10.9 Å². The van der Waals surface area contributed by atoms with E-state index < -0.39 is 5.97 Å². The van der Waals surface area contributed by atoms with Gasteiger partial charge in [-0.15, -0.1) is 0 Å². The first-order valence-corrected chi connectivity index (χ1v) is 9.40. The van der Waals surface area contributed by atoms with Crippen LogP contribution in [0.5, 0.6) is 0 Å². The van der Waals surface area contributed by atoms with Crippen molar-refractivity contribution in [3.63, 3.8) is 0 Å². The smallest absolute Gasteiger partial charge is 0.326 e. The molecule has 0 radical (unpaired) electrons. The van der Waals surface area contributed by atoms with Crippen LogP contribution in [-0.4, -0.2) is 57.3 Å². The van der Waals surface area contributed by atoms with E-state index in [1.165, 1.54) is 4.52 Å². The fraction of sp³-hybridized carbons (Fsp3) is 0.579. The van der Waals surface area contributed by atoms with Gasteiger partial charge in [-0.1, -0.05) is 13.8 Å². The Morgan fingerprint density at radius 3 is 2.61 bits per heavy atom. The van der Waals surface area contributed by atoms with E-state index in [9.17, 15) is 14.4 Å². The molecule has 0 saturated carbocycles. The van der Waals surface area contributed by atoms with Gasteiger partial charge >= 0.3 is 5.97 Å². The van der Waals surface area contributed by atoms with Crippen molar-refractivity contribution in [2.24, 2.45) is 0 Å². The van der Waals surface area contributed by atoms with E-state index in [-0.39, 0.29) is 48.8 Å². The maximum atomic E-state index is 13.1. The Labute approximate surface area is 162 Å². The molecule has 9 nitrogen and oxygen atoms in total. The second-order valence-corrected chi connectivity index (χ2v) is 7.25. The third-order valence-corrected chi connectivity index (χ3v) is 4.91. The molecule has 28 heavy (non-hydrogen) atoms. The lowest BCUT2D eigenvalue weighted by Crippen LogP contribution is -2.37. The Bertz CT molecular complexity index is 975. The van der Waals surface area contributed by atoms with Crippen molar-refractivity contribution < 1.29 is 19.1 Å². The van der Waals surface area contributed by atoms with Crippen molar-refractivity contribution in [1.29, 1.82) is 0 Å². The van der Waals surface area contributed by atoms with Crippen LogP contribution < -0.4 is 5.56 Å². The van der Waals surface area contributed by atoms with Gasteiger partial charge in [-0.3, -0.25) is 14.4 Å². The van der Waals surface area contributed by atoms with Gasteiger partial charge in [0.25, 0.3) is 11.5 Å². The molecule has 3 heterocycles. The zero-order valence-electron chi connectivity index (χ0n) is 16.9. The van der Waals surface area contributed by atoms with Gasteiger partial charge in [-0.2, -0.15) is 9.61 Å². The van der Waals surface area contributed by atoms with Crippen molar-refractivity contribution in [2.45, 2.75) is 52.7 Å². The highest BCUT2D eigenvalue weighted by atomic mass is 16.5. The Morgan fingerprint density at radius 2 is 2.00 bits per heavy atom. The lowest BCUT2D eigenvalue weighted by molar-refractivity contribution is -0.143. The fourth-order valence-corrected chi connectivity index (χ4v) is 3.47. The summed E-state index contributed by atoms with van der Waals surface area (Å²) in [6.45, 7) is 8.09. The predicted octanol–water partition coefficient (Wildman–Crippen LogP) is 1.17. The van der Waals surface area contributed by atoms with E-state index in [0.717, 1.165) is 5.69 Å². The number of hydrogen-bond donors (Lipinski definition) is 0. The van der Waals surface area contributed by atoms with Crippen LogP contribution in [-0.2, 0) is 27.4 Å². The van der Waals surface area contributed by atoms with Gasteiger partial charge in [0.2, 0.25) is 0 Å². The first kappa shape index (κ1) is 20.1. The molecule has 2 aromatic heterocycles. The van der Waals surface area contributed by atoms with E-state index in [1.807, 2.05) is 20.8 Å². The number of hydrogen-bond acceptors (Lipinski definition) is 6. The maximum absolute atomic E-state index is 13.1. The minimum atomic E-state index is -0.473. The van der Waals surface area contributed by atoms with Gasteiger partial charge < -0.3 is 18.9 Å². The molecule has 1 aliphatic rings. The van der Waals surface area contributed by atoms with E-state index >= 15 is 0 Å². The Morgan fingerprint density at radius 1 is 1.29 bits per heavy atom. The highest BCUT2D eigenvalue weighted by Gasteiger charge is 2.37. The van der Waals surface area contributed by atoms with Crippen LogP contribution in [0.1, 0.15) is 55.4 Å². The van der Waals surface area contributed by atoms with Gasteiger partial charge in [0.05, 0.1) is 37.1 Å². The molecular weight excluding hydrogens is 364 g/mol. The normalized spacial score (nSPS) is 14.8. The van der Waals surface area contributed by atoms with Gasteiger partial charge in [0.15, 0.2) is 0 Å². The second-order valence-electron chi connectivity index (χ2n) is 7.25. The maximum Gasteiger partial charge on any atom is 0.326 e. The van der Waals surface area contributed by atoms with Crippen LogP contribution in [0, 0.1) is 0 Å². The quantitative estimate of drug-likeness (QED) is 0.659. The highest BCUT2D eigenvalue weighted by molar-refractivity contribution is 5.97. The molecule has 3 rings (SSSR count). The molecule has 1 amide bonds. The number of ether oxygens (including phenoxy) is 2. The summed E-state index contributed by atoms with van der Waals surface area (Å²) < 4.78 is 13.1. The molecular formula is C19H26N4O5. The van der Waals surface area contributed by atoms with Crippen molar-refractivity contribution in [2.75, 3.05) is 20.3 Å². The van der Waals surface area contributed by atoms with Gasteiger partial charge in [0.1, 0.15) is 17.9 Å². The molecule has 0 saturated heterocycles. The van der Waals surface area contributed by atoms with Gasteiger partial charge in [0, 0.05) is 13.2 Å². The van der Waals surface area contributed by atoms with Crippen LogP contribution in [0.25, 0.3) is 5.65 Å². The number of methoxy groups -OCH3 is 1. The van der Waals surface area contributed by atoms with Crippen LogP contribution >= 0.6 is 0 Å². The number of amides is 1. The molecule has 0 bridgehead atoms. The molecule has 1 aliphatic heterocycles. The minimum Gasteiger partial charge on any atom is -0.465 e. The molecule has 152 valence electrons. The Hall–Kier alpha value is -2.68. The molecule has 0 N–H and O–H groups in total. The highest BCUT2D eigenvalue weighted by Crippen LogP contribution is 2.25. The predicted molar refractivity (Wildman–Crippen MR) is 101 cm³/mol. The molecule has 2 aromatic rings. The number of carbonyl (C=O) groups is 2. The summed E-state index contributed by atoms with van der Waals surface area (Å²) in [6, 6.07) is 1.54. The molecule has 1 atom stereocenters. The largest absolute Gasteiger partial charge is 0.465 e. The summed E-state index contributed by atoms with van der Waals surface area (Å²) in [5.74, 6) is -0.673. The lowest BCUT2D eigenvalue weighted by atomic mass is 10.1. The Kier molecular flexibility index (Phi) is 5.55. The van der Waals surface area contributed by atoms with E-state index in [0.29, 0.717) is 17.8 Å². The zero-order chi connectivity index (χ0) is 20.6. The fourth-order valence-electron chi connectivity index (χ4n) is 3.47. The molecule has 0 aliphatic carbocycles. The summed E-state index contributed by atoms with van der Waals surface area (Å²) in [6.07, 6.45) is 0. The van der Waals surface area contributed by atoms with Crippen molar-refractivity contribution in [1.82, 2.24) is 19.1 Å². The third kappa shape index (κ3) is 3.30. The standard InChI is InChI=1S/C19H26N4O5/c1-6-28-16(24)9-22-15-7-14(11(2)3)20-23(15)18(25)13-8-21(12(4)10-27-5)19(26)17(13)22/h7,11-12H,6,8-10H2,1-5H3/t12-/m1/s1. The lowest BCUT2D eigenvalue weighted by Gasteiger charge is -2.23. The topological polar surface area (TPSA) is 95.1 Å². The van der Waals surface area contributed by atoms with E-state index in [4.69, 9.17) is 9.47 Å². The molecule has 0 fully saturated rings. The summed E-state index contributed by atoms with van der Waals surface area (Å²) in [7, 11) is 1.56. The number of carbonyl (C=O) groups excluding carboxylic acids is 2. The monoisotopic (exact) mass is 390 g/mol. The molecule has 0 unspecified atom stereocenters. The number of aromatic nitrogens is 3. The van der Waals surface area contributed by atoms with E-state index in [1.54, 1.807) is 29.6 Å². The third-order valence-electron chi connectivity index (χ3n) is 4.91. The molecule has 9 heteroatoms. The molecule has 0 aromatic carbocycles. The number of nitrogens with zero attached hydrogens (tertiary/aromatic N) is 4. The van der Waals surface area contributed by atoms with Crippen molar-refractivity contribution >= 4 is 17.5 Å². The SMILES string of the molecule is CCOC(=O)Cn1c2c(c(=O)n3nc(C(C)C)cc13)CN([C@H](C)COC)C2=O. The van der Waals surface area contributed by atoms with Gasteiger partial charge in [-0.25, -0.2) is 0 Å². The summed E-state index contributed by atoms with van der Waals surface area (Å²) in [4.78, 5) is 40.0. The Balaban J connectivity index is 2.20. The first-order valence-electron chi connectivity index (χ1n) is 9.40. The second kappa shape index (κ2) is 7.75. The van der Waals surface area contributed by atoms with Crippen LogP contribution in [0.3, 0.4) is 0 Å². The minimum absolute atomic E-state index is 0.0964. The van der Waals surface area contributed by atoms with Crippen molar-refractivity contribution in [3.8, 4) is 0 Å². The van der Waals surface area contributed by atoms with Crippen LogP contribution in [0.2, 0.25) is 0 Å². The van der Waals surface area contributed by atoms with E-state index in [2.05, 4.69) is 5.10 Å².